The molecule has 0 fully saturated rings. The number of carbonyl (C=O) groups is 2. The molecule has 0 amide bonds. The van der Waals surface area contributed by atoms with E-state index in [1.54, 1.807) is 39.0 Å². The zero-order chi connectivity index (χ0) is 14.2. The summed E-state index contributed by atoms with van der Waals surface area (Å²) in [7, 11) is 0. The lowest BCUT2D eigenvalue weighted by atomic mass is 10.0. The number of ether oxygens (including phenoxy) is 2. The Morgan fingerprint density at radius 1 is 1.37 bits per heavy atom. The summed E-state index contributed by atoms with van der Waals surface area (Å²) in [5, 5.41) is 0. The average Bonchev–Trinajstić information content (AvgIpc) is 2.64. The Labute approximate surface area is 120 Å². The molecule has 0 N–H and O–H groups in total. The van der Waals surface area contributed by atoms with E-state index in [4.69, 9.17) is 9.47 Å². The van der Waals surface area contributed by atoms with Crippen molar-refractivity contribution in [3.63, 3.8) is 0 Å². The Balaban J connectivity index is 2.20. The third kappa shape index (κ3) is 2.97. The molecule has 0 aliphatic carbocycles. The molecule has 0 bridgehead atoms. The predicted molar refractivity (Wildman–Crippen MR) is 73.2 cm³/mol. The molecule has 1 aromatic rings. The van der Waals surface area contributed by atoms with Crippen LogP contribution in [0.25, 0.3) is 0 Å². The Kier molecular flexibility index (Phi) is 3.67. The first-order valence-corrected chi connectivity index (χ1v) is 6.88. The molecule has 19 heavy (non-hydrogen) atoms. The fourth-order valence-corrected chi connectivity index (χ4v) is 2.36. The van der Waals surface area contributed by atoms with Gasteiger partial charge in [0.25, 0.3) is 0 Å². The number of hydrogen-bond acceptors (Lipinski definition) is 4. The Bertz CT molecular complexity index is 518. The zero-order valence-electron chi connectivity index (χ0n) is 11.0. The van der Waals surface area contributed by atoms with Gasteiger partial charge >= 0.3 is 11.9 Å². The summed E-state index contributed by atoms with van der Waals surface area (Å²) in [4.78, 5) is 23.0. The van der Waals surface area contributed by atoms with E-state index >= 15 is 0 Å². The van der Waals surface area contributed by atoms with Crippen LogP contribution in [-0.2, 0) is 14.3 Å². The van der Waals surface area contributed by atoms with Gasteiger partial charge in [0, 0.05) is 5.56 Å². The monoisotopic (exact) mass is 326 g/mol. The number of cyclic esters (lactones) is 1. The molecular weight excluding hydrogens is 312 g/mol. The van der Waals surface area contributed by atoms with E-state index in [1.807, 2.05) is 6.07 Å². The normalized spacial score (nSPS) is 19.6. The Hall–Kier alpha value is -1.36. The van der Waals surface area contributed by atoms with E-state index in [9.17, 15) is 9.59 Å². The van der Waals surface area contributed by atoms with Gasteiger partial charge in [-0.3, -0.25) is 4.79 Å². The number of esters is 2. The predicted octanol–water partition coefficient (Wildman–Crippen LogP) is 3.00. The third-order valence-electron chi connectivity index (χ3n) is 2.62. The molecule has 1 heterocycles. The maximum Gasteiger partial charge on any atom is 0.339 e. The summed E-state index contributed by atoms with van der Waals surface area (Å²) in [6, 6.07) is 7.04. The summed E-state index contributed by atoms with van der Waals surface area (Å²) >= 11 is 3.27. The highest BCUT2D eigenvalue weighted by Gasteiger charge is 2.40. The fraction of sp³-hybridized carbons (Fsp3) is 0.429. The van der Waals surface area contributed by atoms with E-state index < -0.39 is 28.5 Å². The smallest absolute Gasteiger partial charge is 0.339 e. The molecule has 0 aromatic heterocycles. The van der Waals surface area contributed by atoms with Crippen LogP contribution in [0.5, 0.6) is 0 Å². The van der Waals surface area contributed by atoms with Gasteiger partial charge in [0.2, 0.25) is 0 Å². The highest BCUT2D eigenvalue weighted by atomic mass is 79.9. The summed E-state index contributed by atoms with van der Waals surface area (Å²) in [5.74, 6) is -0.851. The van der Waals surface area contributed by atoms with Crippen molar-refractivity contribution in [2.75, 3.05) is 0 Å². The second-order valence-corrected chi connectivity index (χ2v) is 6.33. The molecule has 0 radical (unpaired) electrons. The Morgan fingerprint density at radius 3 is 2.63 bits per heavy atom. The molecule has 102 valence electrons. The molecule has 0 spiro atoms. The van der Waals surface area contributed by atoms with Crippen LogP contribution in [0.4, 0.5) is 0 Å². The topological polar surface area (TPSA) is 52.6 Å². The number of hydrogen-bond donors (Lipinski definition) is 0. The molecule has 0 saturated carbocycles. The van der Waals surface area contributed by atoms with Gasteiger partial charge < -0.3 is 9.47 Å². The van der Waals surface area contributed by atoms with E-state index in [1.165, 1.54) is 0 Å². The van der Waals surface area contributed by atoms with E-state index in [0.717, 1.165) is 0 Å². The number of fused-ring (bicyclic) bond motifs is 1. The summed E-state index contributed by atoms with van der Waals surface area (Å²) < 4.78 is 10.5. The van der Waals surface area contributed by atoms with Gasteiger partial charge in [-0.2, -0.15) is 0 Å². The SMILES string of the molecule is CC(C)(C)OC(=O)[C@@H](Br)[C@H]1OC(=O)c2ccccc21. The summed E-state index contributed by atoms with van der Waals surface area (Å²) in [6.45, 7) is 5.37. The van der Waals surface area contributed by atoms with Crippen LogP contribution in [0.1, 0.15) is 42.8 Å². The number of alkyl halides is 1. The first kappa shape index (κ1) is 14.1. The van der Waals surface area contributed by atoms with Crippen LogP contribution >= 0.6 is 15.9 Å². The van der Waals surface area contributed by atoms with Gasteiger partial charge in [0.1, 0.15) is 5.60 Å². The standard InChI is InChI=1S/C14H15BrO4/c1-14(2,3)19-13(17)10(15)11-8-6-4-5-7-9(8)12(16)18-11/h4-7,10-11H,1-3H3/t10-,11-/m0/s1. The lowest BCUT2D eigenvalue weighted by Crippen LogP contribution is -2.32. The molecule has 5 heteroatoms. The number of rotatable bonds is 2. The summed E-state index contributed by atoms with van der Waals surface area (Å²) in [5.41, 5.74) is 0.631. The number of carbonyl (C=O) groups excluding carboxylic acids is 2. The molecule has 1 aromatic carbocycles. The van der Waals surface area contributed by atoms with Crippen molar-refractivity contribution >= 4 is 27.9 Å². The van der Waals surface area contributed by atoms with E-state index in [0.29, 0.717) is 11.1 Å². The van der Waals surface area contributed by atoms with Crippen molar-refractivity contribution in [1.29, 1.82) is 0 Å². The number of benzene rings is 1. The quantitative estimate of drug-likeness (QED) is 0.619. The van der Waals surface area contributed by atoms with E-state index in [-0.39, 0.29) is 0 Å². The summed E-state index contributed by atoms with van der Waals surface area (Å²) in [6.07, 6.45) is -0.640. The van der Waals surface area contributed by atoms with Gasteiger partial charge in [-0.25, -0.2) is 4.79 Å². The second-order valence-electron chi connectivity index (χ2n) is 5.35. The van der Waals surface area contributed by atoms with Gasteiger partial charge in [-0.15, -0.1) is 0 Å². The Morgan fingerprint density at radius 2 is 2.00 bits per heavy atom. The van der Waals surface area contributed by atoms with Crippen LogP contribution in [-0.4, -0.2) is 22.4 Å². The van der Waals surface area contributed by atoms with Crippen molar-refractivity contribution in [2.24, 2.45) is 0 Å². The van der Waals surface area contributed by atoms with Crippen LogP contribution in [0.2, 0.25) is 0 Å². The van der Waals surface area contributed by atoms with Crippen molar-refractivity contribution in [3.8, 4) is 0 Å². The van der Waals surface area contributed by atoms with Crippen LogP contribution in [0.3, 0.4) is 0 Å². The molecule has 2 atom stereocenters. The molecule has 1 aliphatic heterocycles. The van der Waals surface area contributed by atoms with Crippen molar-refractivity contribution in [3.05, 3.63) is 35.4 Å². The third-order valence-corrected chi connectivity index (χ3v) is 3.47. The molecule has 2 rings (SSSR count). The lowest BCUT2D eigenvalue weighted by molar-refractivity contribution is -0.155. The van der Waals surface area contributed by atoms with E-state index in [2.05, 4.69) is 15.9 Å². The molecule has 0 unspecified atom stereocenters. The maximum atomic E-state index is 12.0. The highest BCUT2D eigenvalue weighted by molar-refractivity contribution is 9.10. The van der Waals surface area contributed by atoms with Crippen molar-refractivity contribution in [2.45, 2.75) is 37.3 Å². The number of halogens is 1. The van der Waals surface area contributed by atoms with Gasteiger partial charge in [-0.1, -0.05) is 34.1 Å². The van der Waals surface area contributed by atoms with Crippen molar-refractivity contribution in [1.82, 2.24) is 0 Å². The molecule has 1 aliphatic rings. The minimum absolute atomic E-state index is 0.409. The zero-order valence-corrected chi connectivity index (χ0v) is 12.6. The maximum absolute atomic E-state index is 12.0. The first-order chi connectivity index (χ1) is 8.79. The molecule has 4 nitrogen and oxygen atoms in total. The van der Waals surface area contributed by atoms with Gasteiger partial charge in [0.15, 0.2) is 10.9 Å². The van der Waals surface area contributed by atoms with Gasteiger partial charge in [-0.05, 0) is 26.8 Å². The lowest BCUT2D eigenvalue weighted by Gasteiger charge is -2.23. The van der Waals surface area contributed by atoms with Crippen molar-refractivity contribution < 1.29 is 19.1 Å². The first-order valence-electron chi connectivity index (χ1n) is 5.96. The largest absolute Gasteiger partial charge is 0.459 e. The van der Waals surface area contributed by atoms with Crippen LogP contribution < -0.4 is 0 Å². The molecule has 0 saturated heterocycles. The molecular formula is C14H15BrO4. The second kappa shape index (κ2) is 4.96. The van der Waals surface area contributed by atoms with Gasteiger partial charge in [0.05, 0.1) is 5.56 Å². The van der Waals surface area contributed by atoms with Crippen LogP contribution in [0, 0.1) is 0 Å². The minimum Gasteiger partial charge on any atom is -0.459 e. The van der Waals surface area contributed by atoms with Crippen LogP contribution in [0.15, 0.2) is 24.3 Å². The minimum atomic E-state index is -0.709. The highest BCUT2D eigenvalue weighted by Crippen LogP contribution is 2.36. The average molecular weight is 327 g/mol. The fourth-order valence-electron chi connectivity index (χ4n) is 1.87.